The van der Waals surface area contributed by atoms with E-state index in [1.54, 1.807) is 36.5 Å². The summed E-state index contributed by atoms with van der Waals surface area (Å²) in [6, 6.07) is 5.15. The number of ether oxygens (including phenoxy) is 1. The number of aliphatic imine (C=N–C) groups is 1. The van der Waals surface area contributed by atoms with Gasteiger partial charge in [-0.15, -0.1) is 0 Å². The Morgan fingerprint density at radius 3 is 2.86 bits per heavy atom. The van der Waals surface area contributed by atoms with E-state index in [0.29, 0.717) is 12.2 Å². The molecule has 0 unspecified atom stereocenters. The van der Waals surface area contributed by atoms with Crippen molar-refractivity contribution >= 4 is 5.96 Å². The number of aromatic nitrogens is 2. The third kappa shape index (κ3) is 7.28. The minimum Gasteiger partial charge on any atom is -0.385 e. The van der Waals surface area contributed by atoms with E-state index < -0.39 is 0 Å². The molecular weight excluding hydrogens is 359 g/mol. The third-order valence-corrected chi connectivity index (χ3v) is 4.23. The van der Waals surface area contributed by atoms with Gasteiger partial charge in [0.1, 0.15) is 5.82 Å². The van der Waals surface area contributed by atoms with Crippen LogP contribution in [0.1, 0.15) is 18.9 Å². The number of methoxy groups -OCH3 is 1. The van der Waals surface area contributed by atoms with Gasteiger partial charge in [0.15, 0.2) is 5.96 Å². The van der Waals surface area contributed by atoms with Gasteiger partial charge in [0, 0.05) is 52.3 Å². The number of halogens is 1. The molecule has 7 nitrogen and oxygen atoms in total. The SMILES string of the molecule is CCNC(=NCc1ccc(-n2ccnc2)c(F)c1)NCCN(C)CCCOC. The van der Waals surface area contributed by atoms with Crippen LogP contribution < -0.4 is 10.6 Å². The average molecular weight is 391 g/mol. The summed E-state index contributed by atoms with van der Waals surface area (Å²) in [4.78, 5) is 10.8. The Balaban J connectivity index is 1.87. The topological polar surface area (TPSA) is 66.7 Å². The van der Waals surface area contributed by atoms with Gasteiger partial charge in [-0.3, -0.25) is 0 Å². The Morgan fingerprint density at radius 2 is 2.18 bits per heavy atom. The lowest BCUT2D eigenvalue weighted by atomic mass is 10.2. The molecule has 1 aromatic heterocycles. The maximum atomic E-state index is 14.4. The Labute approximate surface area is 166 Å². The van der Waals surface area contributed by atoms with Crippen LogP contribution in [0.3, 0.4) is 0 Å². The number of imidazole rings is 1. The number of nitrogens with one attached hydrogen (secondary N) is 2. The molecule has 1 aromatic carbocycles. The summed E-state index contributed by atoms with van der Waals surface area (Å²) >= 11 is 0. The van der Waals surface area contributed by atoms with E-state index in [1.807, 2.05) is 13.0 Å². The van der Waals surface area contributed by atoms with E-state index >= 15 is 0 Å². The van der Waals surface area contributed by atoms with Gasteiger partial charge < -0.3 is 24.8 Å². The molecule has 0 aliphatic rings. The van der Waals surface area contributed by atoms with Crippen molar-refractivity contribution in [2.24, 2.45) is 4.99 Å². The number of nitrogens with zero attached hydrogens (tertiary/aromatic N) is 4. The Kier molecular flexibility index (Phi) is 9.44. The molecule has 2 rings (SSSR count). The van der Waals surface area contributed by atoms with Crippen LogP contribution in [-0.2, 0) is 11.3 Å². The van der Waals surface area contributed by atoms with Gasteiger partial charge in [-0.25, -0.2) is 14.4 Å². The zero-order chi connectivity index (χ0) is 20.2. The van der Waals surface area contributed by atoms with E-state index in [9.17, 15) is 4.39 Å². The highest BCUT2D eigenvalue weighted by Crippen LogP contribution is 2.15. The fourth-order valence-corrected chi connectivity index (χ4v) is 2.73. The van der Waals surface area contributed by atoms with E-state index in [1.165, 1.54) is 6.07 Å². The van der Waals surface area contributed by atoms with Gasteiger partial charge in [0.05, 0.1) is 18.6 Å². The molecule has 154 valence electrons. The molecule has 0 saturated heterocycles. The summed E-state index contributed by atoms with van der Waals surface area (Å²) in [7, 11) is 3.81. The Hall–Kier alpha value is -2.45. The maximum Gasteiger partial charge on any atom is 0.191 e. The van der Waals surface area contributed by atoms with Gasteiger partial charge >= 0.3 is 0 Å². The van der Waals surface area contributed by atoms with E-state index in [2.05, 4.69) is 32.6 Å². The van der Waals surface area contributed by atoms with Crippen molar-refractivity contribution in [3.8, 4) is 5.69 Å². The van der Waals surface area contributed by atoms with Crippen LogP contribution in [0.4, 0.5) is 4.39 Å². The van der Waals surface area contributed by atoms with E-state index in [-0.39, 0.29) is 5.82 Å². The van der Waals surface area contributed by atoms with Crippen molar-refractivity contribution in [2.75, 3.05) is 46.9 Å². The van der Waals surface area contributed by atoms with Crippen LogP contribution in [0.25, 0.3) is 5.69 Å². The lowest BCUT2D eigenvalue weighted by Crippen LogP contribution is -2.41. The molecule has 8 heteroatoms. The molecule has 0 fully saturated rings. The molecule has 0 saturated carbocycles. The van der Waals surface area contributed by atoms with Crippen molar-refractivity contribution in [3.05, 3.63) is 48.3 Å². The molecule has 1 heterocycles. The standard InChI is InChI=1S/C20H31FN6O/c1-4-23-20(24-9-11-26(2)10-5-13-28-3)25-15-17-6-7-19(18(21)14-17)27-12-8-22-16-27/h6-8,12,14,16H,4-5,9-11,13,15H2,1-3H3,(H2,23,24,25). The highest BCUT2D eigenvalue weighted by atomic mass is 19.1. The zero-order valence-electron chi connectivity index (χ0n) is 17.0. The molecule has 0 atom stereocenters. The molecule has 0 aliphatic heterocycles. The monoisotopic (exact) mass is 390 g/mol. The number of hydrogen-bond donors (Lipinski definition) is 2. The first-order valence-corrected chi connectivity index (χ1v) is 9.60. The van der Waals surface area contributed by atoms with Crippen LogP contribution in [0.2, 0.25) is 0 Å². The molecule has 0 radical (unpaired) electrons. The molecular formula is C20H31FN6O. The van der Waals surface area contributed by atoms with Crippen molar-refractivity contribution in [1.29, 1.82) is 0 Å². The molecule has 0 bridgehead atoms. The lowest BCUT2D eigenvalue weighted by molar-refractivity contribution is 0.180. The Bertz CT molecular complexity index is 719. The predicted molar refractivity (Wildman–Crippen MR) is 110 cm³/mol. The molecule has 2 aromatic rings. The number of guanidine groups is 1. The minimum atomic E-state index is -0.290. The second-order valence-electron chi connectivity index (χ2n) is 6.53. The molecule has 0 amide bonds. The van der Waals surface area contributed by atoms with Crippen molar-refractivity contribution in [1.82, 2.24) is 25.1 Å². The minimum absolute atomic E-state index is 0.290. The van der Waals surface area contributed by atoms with Gasteiger partial charge in [0.25, 0.3) is 0 Å². The summed E-state index contributed by atoms with van der Waals surface area (Å²) in [5.41, 5.74) is 1.29. The quantitative estimate of drug-likeness (QED) is 0.349. The van der Waals surface area contributed by atoms with Gasteiger partial charge in [0.2, 0.25) is 0 Å². The number of hydrogen-bond acceptors (Lipinski definition) is 4. The van der Waals surface area contributed by atoms with Crippen LogP contribution in [0.5, 0.6) is 0 Å². The van der Waals surface area contributed by atoms with Gasteiger partial charge in [-0.05, 0) is 38.1 Å². The Morgan fingerprint density at radius 1 is 1.32 bits per heavy atom. The van der Waals surface area contributed by atoms with Crippen LogP contribution in [0, 0.1) is 5.82 Å². The van der Waals surface area contributed by atoms with Crippen LogP contribution >= 0.6 is 0 Å². The first-order chi connectivity index (χ1) is 13.6. The van der Waals surface area contributed by atoms with E-state index in [4.69, 9.17) is 4.74 Å². The average Bonchev–Trinajstić information content (AvgIpc) is 3.21. The van der Waals surface area contributed by atoms with Crippen molar-refractivity contribution < 1.29 is 9.13 Å². The first kappa shape index (κ1) is 21.8. The normalized spacial score (nSPS) is 11.8. The number of benzene rings is 1. The van der Waals surface area contributed by atoms with Crippen LogP contribution in [-0.4, -0.2) is 67.4 Å². The fraction of sp³-hybridized carbons (Fsp3) is 0.500. The van der Waals surface area contributed by atoms with Gasteiger partial charge in [-0.2, -0.15) is 0 Å². The smallest absolute Gasteiger partial charge is 0.191 e. The van der Waals surface area contributed by atoms with Crippen LogP contribution in [0.15, 0.2) is 41.9 Å². The first-order valence-electron chi connectivity index (χ1n) is 9.60. The highest BCUT2D eigenvalue weighted by Gasteiger charge is 2.06. The summed E-state index contributed by atoms with van der Waals surface area (Å²) in [6.07, 6.45) is 5.94. The molecule has 28 heavy (non-hydrogen) atoms. The molecule has 0 aliphatic carbocycles. The summed E-state index contributed by atoms with van der Waals surface area (Å²) in [5, 5.41) is 6.54. The predicted octanol–water partition coefficient (Wildman–Crippen LogP) is 2.03. The van der Waals surface area contributed by atoms with Crippen molar-refractivity contribution in [3.63, 3.8) is 0 Å². The third-order valence-electron chi connectivity index (χ3n) is 4.23. The molecule has 0 spiro atoms. The van der Waals surface area contributed by atoms with Crippen molar-refractivity contribution in [2.45, 2.75) is 19.9 Å². The fourth-order valence-electron chi connectivity index (χ4n) is 2.73. The highest BCUT2D eigenvalue weighted by molar-refractivity contribution is 5.79. The number of likely N-dealkylation sites (N-methyl/N-ethyl adjacent to an activating group) is 1. The zero-order valence-corrected chi connectivity index (χ0v) is 17.0. The van der Waals surface area contributed by atoms with Gasteiger partial charge in [-0.1, -0.05) is 6.07 Å². The second-order valence-corrected chi connectivity index (χ2v) is 6.53. The summed E-state index contributed by atoms with van der Waals surface area (Å²) in [5.74, 6) is 0.438. The summed E-state index contributed by atoms with van der Waals surface area (Å²) in [6.45, 7) is 6.65. The summed E-state index contributed by atoms with van der Waals surface area (Å²) < 4.78 is 21.1. The maximum absolute atomic E-state index is 14.4. The van der Waals surface area contributed by atoms with E-state index in [0.717, 1.165) is 50.7 Å². The number of rotatable bonds is 11. The molecule has 2 N–H and O–H groups in total. The lowest BCUT2D eigenvalue weighted by Gasteiger charge is -2.18. The second kappa shape index (κ2) is 12.1. The largest absolute Gasteiger partial charge is 0.385 e.